The summed E-state index contributed by atoms with van der Waals surface area (Å²) in [7, 11) is 1.61. The number of benzene rings is 1. The van der Waals surface area contributed by atoms with Gasteiger partial charge in [0.15, 0.2) is 0 Å². The van der Waals surface area contributed by atoms with Crippen molar-refractivity contribution < 1.29 is 9.18 Å². The monoisotopic (exact) mass is 309 g/mol. The summed E-state index contributed by atoms with van der Waals surface area (Å²) in [6.07, 6.45) is 0.684. The molecule has 4 nitrogen and oxygen atoms in total. The summed E-state index contributed by atoms with van der Waals surface area (Å²) >= 11 is 0. The molecule has 2 rings (SSSR count). The second kappa shape index (κ2) is 7.53. The largest absolute Gasteiger partial charge is 0.370 e. The maximum Gasteiger partial charge on any atom is 0.246 e. The molecule has 1 heterocycles. The third-order valence-corrected chi connectivity index (χ3v) is 3.03. The number of carbonyl (C=O) groups is 1. The molecule has 0 saturated carbocycles. The van der Waals surface area contributed by atoms with Crippen molar-refractivity contribution in [3.05, 3.63) is 30.1 Å². The molecule has 1 fully saturated rings. The molecule has 1 aromatic carbocycles. The van der Waals surface area contributed by atoms with E-state index in [9.17, 15) is 9.18 Å². The van der Waals surface area contributed by atoms with Gasteiger partial charge in [-0.05, 0) is 31.2 Å². The predicted octanol–water partition coefficient (Wildman–Crippen LogP) is 1.56. The lowest BCUT2D eigenvalue weighted by atomic mass is 9.97. The quantitative estimate of drug-likeness (QED) is 0.794. The van der Waals surface area contributed by atoms with Crippen molar-refractivity contribution in [2.24, 2.45) is 0 Å². The van der Waals surface area contributed by atoms with E-state index in [0.29, 0.717) is 18.7 Å². The van der Waals surface area contributed by atoms with Gasteiger partial charge in [-0.25, -0.2) is 4.39 Å². The van der Waals surface area contributed by atoms with E-state index < -0.39 is 5.54 Å². The molecule has 1 aromatic rings. The third kappa shape index (κ3) is 3.96. The molecular formula is C12H18Cl2FN3O. The highest BCUT2D eigenvalue weighted by Gasteiger charge is 2.40. The maximum atomic E-state index is 13.1. The van der Waals surface area contributed by atoms with E-state index in [1.54, 1.807) is 19.2 Å². The minimum Gasteiger partial charge on any atom is -0.370 e. The molecule has 1 atom stereocenters. The van der Waals surface area contributed by atoms with Crippen LogP contribution in [0.1, 0.15) is 6.42 Å². The van der Waals surface area contributed by atoms with Gasteiger partial charge in [0.05, 0.1) is 0 Å². The lowest BCUT2D eigenvalue weighted by molar-refractivity contribution is -0.124. The minimum absolute atomic E-state index is 0. The van der Waals surface area contributed by atoms with E-state index in [4.69, 9.17) is 0 Å². The highest BCUT2D eigenvalue weighted by atomic mass is 35.5. The van der Waals surface area contributed by atoms with E-state index in [1.165, 1.54) is 12.1 Å². The molecule has 7 heteroatoms. The Labute approximate surface area is 124 Å². The molecule has 0 bridgehead atoms. The van der Waals surface area contributed by atoms with E-state index in [2.05, 4.69) is 16.0 Å². The first-order valence-electron chi connectivity index (χ1n) is 5.63. The zero-order chi connectivity index (χ0) is 12.3. The second-order valence-corrected chi connectivity index (χ2v) is 4.22. The topological polar surface area (TPSA) is 53.2 Å². The Morgan fingerprint density at radius 3 is 2.68 bits per heavy atom. The highest BCUT2D eigenvalue weighted by molar-refractivity contribution is 5.90. The smallest absolute Gasteiger partial charge is 0.246 e. The second-order valence-electron chi connectivity index (χ2n) is 4.22. The average Bonchev–Trinajstić information content (AvgIpc) is 2.78. The molecular weight excluding hydrogens is 292 g/mol. The van der Waals surface area contributed by atoms with Gasteiger partial charge in [-0.1, -0.05) is 6.07 Å². The van der Waals surface area contributed by atoms with Crippen molar-refractivity contribution in [3.63, 3.8) is 0 Å². The third-order valence-electron chi connectivity index (χ3n) is 3.03. The van der Waals surface area contributed by atoms with Crippen LogP contribution in [0.2, 0.25) is 0 Å². The lowest BCUT2D eigenvalue weighted by Crippen LogP contribution is -2.53. The molecule has 0 spiro atoms. The molecule has 1 aliphatic rings. The van der Waals surface area contributed by atoms with Crippen LogP contribution in [-0.2, 0) is 4.79 Å². The summed E-state index contributed by atoms with van der Waals surface area (Å²) in [6.45, 7) is 1.32. The SMILES string of the molecule is CNC(=O)C1(Nc2cccc(F)c2)CCNC1.Cl.Cl. The number of rotatable bonds is 3. The van der Waals surface area contributed by atoms with Crippen LogP contribution in [0.25, 0.3) is 0 Å². The van der Waals surface area contributed by atoms with Crippen LogP contribution >= 0.6 is 24.8 Å². The summed E-state index contributed by atoms with van der Waals surface area (Å²) in [5, 5.41) is 8.92. The minimum atomic E-state index is -0.678. The lowest BCUT2D eigenvalue weighted by Gasteiger charge is -2.28. The number of anilines is 1. The van der Waals surface area contributed by atoms with E-state index in [0.717, 1.165) is 6.54 Å². The van der Waals surface area contributed by atoms with Gasteiger partial charge < -0.3 is 16.0 Å². The Kier molecular flexibility index (Phi) is 7.11. The molecule has 0 aromatic heterocycles. The van der Waals surface area contributed by atoms with Gasteiger partial charge in [0.1, 0.15) is 11.4 Å². The Bertz CT molecular complexity index is 425. The molecule has 0 aliphatic carbocycles. The molecule has 1 aliphatic heterocycles. The molecule has 108 valence electrons. The van der Waals surface area contributed by atoms with Gasteiger partial charge in [-0.3, -0.25) is 4.79 Å². The van der Waals surface area contributed by atoms with Crippen LogP contribution in [0.3, 0.4) is 0 Å². The van der Waals surface area contributed by atoms with Crippen molar-refractivity contribution in [2.45, 2.75) is 12.0 Å². The Hall–Kier alpha value is -1.04. The Morgan fingerprint density at radius 2 is 2.16 bits per heavy atom. The van der Waals surface area contributed by atoms with Gasteiger partial charge in [-0.2, -0.15) is 0 Å². The number of hydrogen-bond acceptors (Lipinski definition) is 3. The average molecular weight is 310 g/mol. The summed E-state index contributed by atoms with van der Waals surface area (Å²) in [6, 6.07) is 6.15. The first-order chi connectivity index (χ1) is 8.16. The summed E-state index contributed by atoms with van der Waals surface area (Å²) in [5.74, 6) is -0.389. The van der Waals surface area contributed by atoms with Crippen LogP contribution < -0.4 is 16.0 Å². The summed E-state index contributed by atoms with van der Waals surface area (Å²) < 4.78 is 13.1. The van der Waals surface area contributed by atoms with Crippen LogP contribution in [0.15, 0.2) is 24.3 Å². The van der Waals surface area contributed by atoms with Crippen LogP contribution in [0.5, 0.6) is 0 Å². The molecule has 1 amide bonds. The standard InChI is InChI=1S/C12H16FN3O.2ClH/c1-14-11(17)12(5-6-15-8-12)16-10-4-2-3-9(13)7-10;;/h2-4,7,15-16H,5-6,8H2,1H3,(H,14,17);2*1H. The van der Waals surface area contributed by atoms with Crippen molar-refractivity contribution in [2.75, 3.05) is 25.5 Å². The van der Waals surface area contributed by atoms with E-state index >= 15 is 0 Å². The van der Waals surface area contributed by atoms with Crippen LogP contribution in [0.4, 0.5) is 10.1 Å². The summed E-state index contributed by atoms with van der Waals surface area (Å²) in [4.78, 5) is 11.9. The van der Waals surface area contributed by atoms with Crippen LogP contribution in [-0.4, -0.2) is 31.6 Å². The number of halogens is 3. The van der Waals surface area contributed by atoms with Crippen LogP contribution in [0, 0.1) is 5.82 Å². The first kappa shape index (κ1) is 18.0. The predicted molar refractivity (Wildman–Crippen MR) is 78.8 cm³/mol. The fraction of sp³-hybridized carbons (Fsp3) is 0.417. The van der Waals surface area contributed by atoms with Crippen molar-refractivity contribution in [1.29, 1.82) is 0 Å². The molecule has 3 N–H and O–H groups in total. The molecule has 19 heavy (non-hydrogen) atoms. The highest BCUT2D eigenvalue weighted by Crippen LogP contribution is 2.22. The van der Waals surface area contributed by atoms with Crippen molar-refractivity contribution in [1.82, 2.24) is 10.6 Å². The number of likely N-dealkylation sites (N-methyl/N-ethyl adjacent to an activating group) is 1. The Morgan fingerprint density at radius 1 is 1.42 bits per heavy atom. The number of carbonyl (C=O) groups excluding carboxylic acids is 1. The zero-order valence-corrected chi connectivity index (χ0v) is 12.2. The van der Waals surface area contributed by atoms with Gasteiger partial charge in [0.25, 0.3) is 0 Å². The molecule has 1 saturated heterocycles. The number of amides is 1. The summed E-state index contributed by atoms with van der Waals surface area (Å²) in [5.41, 5.74) is -0.0555. The number of nitrogens with one attached hydrogen (secondary N) is 3. The first-order valence-corrected chi connectivity index (χ1v) is 5.63. The van der Waals surface area contributed by atoms with Crippen molar-refractivity contribution >= 4 is 36.4 Å². The van der Waals surface area contributed by atoms with E-state index in [1.807, 2.05) is 0 Å². The van der Waals surface area contributed by atoms with Crippen molar-refractivity contribution in [3.8, 4) is 0 Å². The fourth-order valence-electron chi connectivity index (χ4n) is 2.13. The Balaban J connectivity index is 0.00000162. The van der Waals surface area contributed by atoms with Gasteiger partial charge >= 0.3 is 0 Å². The van der Waals surface area contributed by atoms with Gasteiger partial charge in [-0.15, -0.1) is 24.8 Å². The zero-order valence-electron chi connectivity index (χ0n) is 10.5. The fourth-order valence-corrected chi connectivity index (χ4v) is 2.13. The normalized spacial score (nSPS) is 20.9. The van der Waals surface area contributed by atoms with Gasteiger partial charge in [0.2, 0.25) is 5.91 Å². The molecule has 1 unspecified atom stereocenters. The number of hydrogen-bond donors (Lipinski definition) is 3. The van der Waals surface area contributed by atoms with E-state index in [-0.39, 0.29) is 36.5 Å². The van der Waals surface area contributed by atoms with Gasteiger partial charge in [0, 0.05) is 19.3 Å². The molecule has 0 radical (unpaired) electrons. The maximum absolute atomic E-state index is 13.1.